The van der Waals surface area contributed by atoms with Crippen molar-refractivity contribution in [1.29, 1.82) is 0 Å². The normalized spacial score (nSPS) is 26.1. The summed E-state index contributed by atoms with van der Waals surface area (Å²) in [5.41, 5.74) is 0.412. The van der Waals surface area contributed by atoms with Gasteiger partial charge in [-0.15, -0.1) is 0 Å². The molecule has 210 valence electrons. The molecule has 0 unspecified atom stereocenters. The number of carbonyl (C=O) groups is 2. The van der Waals surface area contributed by atoms with Gasteiger partial charge in [-0.3, -0.25) is 19.4 Å². The number of aromatic nitrogens is 2. The van der Waals surface area contributed by atoms with E-state index >= 15 is 0 Å². The Morgan fingerprint density at radius 1 is 0.810 bits per heavy atom. The Morgan fingerprint density at radius 2 is 1.38 bits per heavy atom. The summed E-state index contributed by atoms with van der Waals surface area (Å²) in [5, 5.41) is 17.1. The molecule has 9 heteroatoms. The Kier molecular flexibility index (Phi) is 5.26. The van der Waals surface area contributed by atoms with Gasteiger partial charge in [0.05, 0.1) is 23.0 Å². The molecule has 0 saturated heterocycles. The molecule has 5 aliphatic rings. The molecule has 4 aromatic rings. The van der Waals surface area contributed by atoms with E-state index in [0.29, 0.717) is 27.2 Å². The molecular weight excluding hydrogens is 532 g/mol. The van der Waals surface area contributed by atoms with Gasteiger partial charge < -0.3 is 5.11 Å². The fourth-order valence-corrected chi connectivity index (χ4v) is 8.56. The van der Waals surface area contributed by atoms with E-state index in [0.717, 1.165) is 33.9 Å². The minimum atomic E-state index is -0.887. The number of hydrogen-bond donors (Lipinski definition) is 2. The van der Waals surface area contributed by atoms with Crippen LogP contribution in [0.5, 0.6) is 5.88 Å². The lowest BCUT2D eigenvalue weighted by Gasteiger charge is -2.57. The molecule has 0 radical (unpaired) electrons. The van der Waals surface area contributed by atoms with Crippen LogP contribution in [0, 0.1) is 17.8 Å². The molecule has 4 fully saturated rings. The van der Waals surface area contributed by atoms with Crippen LogP contribution >= 0.6 is 0 Å². The third-order valence-electron chi connectivity index (χ3n) is 9.95. The third kappa shape index (κ3) is 3.59. The van der Waals surface area contributed by atoms with Crippen molar-refractivity contribution in [1.82, 2.24) is 14.6 Å². The molecule has 4 saturated carbocycles. The number of aromatic hydroxyl groups is 1. The minimum Gasteiger partial charge on any atom is -0.493 e. The number of imide groups is 1. The van der Waals surface area contributed by atoms with Crippen molar-refractivity contribution in [3.63, 3.8) is 0 Å². The summed E-state index contributed by atoms with van der Waals surface area (Å²) in [6, 6.07) is 18.0. The summed E-state index contributed by atoms with van der Waals surface area (Å²) in [6.45, 7) is 0. The Balaban J connectivity index is 1.13. The van der Waals surface area contributed by atoms with E-state index in [1.165, 1.54) is 44.1 Å². The van der Waals surface area contributed by atoms with Crippen LogP contribution in [0.4, 0.5) is 0 Å². The number of hydrazone groups is 1. The van der Waals surface area contributed by atoms with Gasteiger partial charge in [0.1, 0.15) is 5.56 Å². The van der Waals surface area contributed by atoms with Crippen molar-refractivity contribution in [3.05, 3.63) is 104 Å². The van der Waals surface area contributed by atoms with E-state index in [1.54, 1.807) is 36.4 Å². The number of hydrogen-bond acceptors (Lipinski definition) is 6. The van der Waals surface area contributed by atoms with E-state index in [9.17, 15) is 24.3 Å². The SMILES string of the molecule is O=C1c2cccc3cccc(c23)C(=O)N1N=Cc1c(O)n(-c2ccc(C34CC5CC(CC(C5)C3)C4)cc2)c(=O)[nH]c1=O. The second kappa shape index (κ2) is 8.85. The zero-order chi connectivity index (χ0) is 28.7. The van der Waals surface area contributed by atoms with Crippen molar-refractivity contribution in [2.24, 2.45) is 22.9 Å². The lowest BCUT2D eigenvalue weighted by molar-refractivity contribution is -0.00518. The van der Waals surface area contributed by atoms with Gasteiger partial charge in [0.25, 0.3) is 17.4 Å². The van der Waals surface area contributed by atoms with Gasteiger partial charge in [-0.2, -0.15) is 10.1 Å². The lowest BCUT2D eigenvalue weighted by atomic mass is 9.48. The molecule has 42 heavy (non-hydrogen) atoms. The number of aromatic amines is 1. The number of nitrogens with zero attached hydrogens (tertiary/aromatic N) is 3. The summed E-state index contributed by atoms with van der Waals surface area (Å²) in [4.78, 5) is 54.2. The summed E-state index contributed by atoms with van der Waals surface area (Å²) in [7, 11) is 0. The molecule has 0 spiro atoms. The molecule has 2 amide bonds. The average molecular weight is 561 g/mol. The van der Waals surface area contributed by atoms with Gasteiger partial charge in [0, 0.05) is 5.39 Å². The maximum absolute atomic E-state index is 13.2. The monoisotopic (exact) mass is 560 g/mol. The standard InChI is InChI=1S/C33H28N4O5/c38-28-26(17-34-37-30(40)24-5-1-3-21-4-2-6-25(27(21)24)31(37)41)29(39)36(32(42)35-28)23-9-7-22(8-10-23)33-14-18-11-19(15-33)13-20(12-18)16-33/h1-10,17-20,39H,11-16H2,(H,35,38,42). The number of H-pyrrole nitrogens is 1. The zero-order valence-electron chi connectivity index (χ0n) is 22.7. The van der Waals surface area contributed by atoms with E-state index in [1.807, 2.05) is 24.3 Å². The van der Waals surface area contributed by atoms with Crippen LogP contribution in [0.15, 0.2) is 75.4 Å². The summed E-state index contributed by atoms with van der Waals surface area (Å²) in [6.07, 6.45) is 8.59. The van der Waals surface area contributed by atoms with Crippen LogP contribution in [-0.2, 0) is 5.41 Å². The first kappa shape index (κ1) is 25.0. The molecule has 1 aliphatic heterocycles. The number of rotatable bonds is 4. The highest BCUT2D eigenvalue weighted by Crippen LogP contribution is 2.60. The number of nitrogens with one attached hydrogen (secondary N) is 1. The first-order chi connectivity index (χ1) is 20.3. The van der Waals surface area contributed by atoms with Crippen LogP contribution in [0.2, 0.25) is 0 Å². The molecule has 4 bridgehead atoms. The predicted octanol–water partition coefficient (Wildman–Crippen LogP) is 4.48. The highest BCUT2D eigenvalue weighted by molar-refractivity contribution is 6.25. The van der Waals surface area contributed by atoms with Crippen LogP contribution < -0.4 is 11.2 Å². The molecule has 9 nitrogen and oxygen atoms in total. The second-order valence-electron chi connectivity index (χ2n) is 12.5. The first-order valence-electron chi connectivity index (χ1n) is 14.4. The van der Waals surface area contributed by atoms with Crippen LogP contribution in [0.25, 0.3) is 16.5 Å². The number of carbonyl (C=O) groups excluding carboxylic acids is 2. The zero-order valence-corrected chi connectivity index (χ0v) is 22.7. The highest BCUT2D eigenvalue weighted by Gasteiger charge is 2.51. The fourth-order valence-electron chi connectivity index (χ4n) is 8.56. The molecule has 9 rings (SSSR count). The molecule has 2 N–H and O–H groups in total. The Hall–Kier alpha value is -4.79. The molecule has 2 heterocycles. The lowest BCUT2D eigenvalue weighted by Crippen LogP contribution is -2.48. The average Bonchev–Trinajstić information content (AvgIpc) is 2.96. The maximum atomic E-state index is 13.2. The highest BCUT2D eigenvalue weighted by atomic mass is 16.3. The summed E-state index contributed by atoms with van der Waals surface area (Å²) in [5.74, 6) is 0.459. The second-order valence-corrected chi connectivity index (χ2v) is 12.5. The van der Waals surface area contributed by atoms with Gasteiger partial charge in [0.2, 0.25) is 5.88 Å². The van der Waals surface area contributed by atoms with E-state index < -0.39 is 28.9 Å². The molecule has 0 atom stereocenters. The summed E-state index contributed by atoms with van der Waals surface area (Å²) < 4.78 is 1.00. The van der Waals surface area contributed by atoms with Crippen molar-refractivity contribution in [2.75, 3.05) is 0 Å². The predicted molar refractivity (Wildman–Crippen MR) is 156 cm³/mol. The van der Waals surface area contributed by atoms with E-state index in [2.05, 4.69) is 10.1 Å². The molecular formula is C33H28N4O5. The van der Waals surface area contributed by atoms with Gasteiger partial charge in [0.15, 0.2) is 0 Å². The minimum absolute atomic E-state index is 0.180. The Morgan fingerprint density at radius 3 is 1.95 bits per heavy atom. The van der Waals surface area contributed by atoms with Gasteiger partial charge in [-0.25, -0.2) is 9.36 Å². The van der Waals surface area contributed by atoms with Gasteiger partial charge in [-0.1, -0.05) is 36.4 Å². The topological polar surface area (TPSA) is 125 Å². The Labute approximate surface area is 240 Å². The van der Waals surface area contributed by atoms with E-state index in [-0.39, 0.29) is 11.0 Å². The fraction of sp³-hybridized carbons (Fsp3) is 0.303. The quantitative estimate of drug-likeness (QED) is 0.281. The smallest absolute Gasteiger partial charge is 0.335 e. The van der Waals surface area contributed by atoms with Crippen LogP contribution in [0.1, 0.15) is 70.4 Å². The maximum Gasteiger partial charge on any atom is 0.335 e. The largest absolute Gasteiger partial charge is 0.493 e. The number of amides is 2. The third-order valence-corrected chi connectivity index (χ3v) is 9.95. The van der Waals surface area contributed by atoms with Crippen LogP contribution in [-0.4, -0.2) is 37.7 Å². The van der Waals surface area contributed by atoms with Crippen molar-refractivity contribution < 1.29 is 14.7 Å². The van der Waals surface area contributed by atoms with E-state index in [4.69, 9.17) is 0 Å². The number of benzene rings is 3. The van der Waals surface area contributed by atoms with Crippen molar-refractivity contribution in [3.8, 4) is 11.6 Å². The molecule has 4 aliphatic carbocycles. The molecule has 3 aromatic carbocycles. The van der Waals surface area contributed by atoms with Crippen LogP contribution in [0.3, 0.4) is 0 Å². The molecule has 1 aromatic heterocycles. The van der Waals surface area contributed by atoms with Crippen molar-refractivity contribution >= 4 is 28.8 Å². The van der Waals surface area contributed by atoms with Crippen molar-refractivity contribution in [2.45, 2.75) is 43.9 Å². The first-order valence-corrected chi connectivity index (χ1v) is 14.4. The van der Waals surface area contributed by atoms with Gasteiger partial charge in [-0.05, 0) is 96.9 Å². The Bertz CT molecular complexity index is 1880. The van der Waals surface area contributed by atoms with Gasteiger partial charge >= 0.3 is 5.69 Å². The summed E-state index contributed by atoms with van der Waals surface area (Å²) >= 11 is 0.